The predicted octanol–water partition coefficient (Wildman–Crippen LogP) is 2.96. The molecule has 0 bridgehead atoms. The lowest BCUT2D eigenvalue weighted by Crippen LogP contribution is -2.36. The summed E-state index contributed by atoms with van der Waals surface area (Å²) >= 11 is 11.2. The predicted molar refractivity (Wildman–Crippen MR) is 76.4 cm³/mol. The smallest absolute Gasteiger partial charge is 0.104 e. The molecule has 17 heavy (non-hydrogen) atoms. The summed E-state index contributed by atoms with van der Waals surface area (Å²) in [6.45, 7) is 0.890. The highest BCUT2D eigenvalue weighted by Gasteiger charge is 2.22. The fraction of sp³-hybridized carbons (Fsp3) is 0.462. The van der Waals surface area contributed by atoms with Crippen LogP contribution in [0.4, 0.5) is 0 Å². The number of halogens is 1. The van der Waals surface area contributed by atoms with Gasteiger partial charge in [-0.3, -0.25) is 4.90 Å². The van der Waals surface area contributed by atoms with Gasteiger partial charge in [-0.2, -0.15) is 0 Å². The van der Waals surface area contributed by atoms with Gasteiger partial charge >= 0.3 is 0 Å². The van der Waals surface area contributed by atoms with E-state index in [0.717, 1.165) is 28.7 Å². The van der Waals surface area contributed by atoms with Crippen LogP contribution in [0, 0.1) is 0 Å². The Morgan fingerprint density at radius 3 is 2.71 bits per heavy atom. The Balaban J connectivity index is 2.07. The number of benzene rings is 1. The Morgan fingerprint density at radius 1 is 1.53 bits per heavy atom. The van der Waals surface area contributed by atoms with Crippen molar-refractivity contribution < 1.29 is 0 Å². The van der Waals surface area contributed by atoms with Crippen LogP contribution in [-0.2, 0) is 6.54 Å². The van der Waals surface area contributed by atoms with Crippen molar-refractivity contribution in [2.75, 3.05) is 7.05 Å². The van der Waals surface area contributed by atoms with E-state index in [1.54, 1.807) is 0 Å². The van der Waals surface area contributed by atoms with Crippen LogP contribution in [0.2, 0.25) is 5.02 Å². The van der Waals surface area contributed by atoms with E-state index < -0.39 is 0 Å². The molecule has 0 radical (unpaired) electrons. The third-order valence-electron chi connectivity index (χ3n) is 3.46. The zero-order valence-corrected chi connectivity index (χ0v) is 11.5. The van der Waals surface area contributed by atoms with E-state index in [1.165, 1.54) is 19.3 Å². The largest absolute Gasteiger partial charge is 0.389 e. The fourth-order valence-electron chi connectivity index (χ4n) is 2.05. The molecule has 0 heterocycles. The Morgan fingerprint density at radius 2 is 2.24 bits per heavy atom. The highest BCUT2D eigenvalue weighted by molar-refractivity contribution is 7.80. The molecule has 1 aliphatic carbocycles. The van der Waals surface area contributed by atoms with Crippen LogP contribution in [0.15, 0.2) is 18.2 Å². The molecular weight excluding hydrogens is 252 g/mol. The molecule has 1 aromatic carbocycles. The van der Waals surface area contributed by atoms with Crippen molar-refractivity contribution >= 4 is 28.8 Å². The first-order chi connectivity index (χ1) is 8.08. The molecule has 0 aliphatic heterocycles. The number of nitrogens with two attached hydrogens (primary N) is 1. The first-order valence-corrected chi connectivity index (χ1v) is 6.65. The van der Waals surface area contributed by atoms with Gasteiger partial charge in [-0.15, -0.1) is 0 Å². The van der Waals surface area contributed by atoms with Gasteiger partial charge in [0.15, 0.2) is 0 Å². The lowest BCUT2D eigenvalue weighted by molar-refractivity contribution is 0.152. The molecule has 0 aromatic heterocycles. The van der Waals surface area contributed by atoms with Crippen molar-refractivity contribution in [3.63, 3.8) is 0 Å². The van der Waals surface area contributed by atoms with Gasteiger partial charge in [0, 0.05) is 23.2 Å². The molecular formula is C13H17ClN2S. The Bertz CT molecular complexity index is 429. The van der Waals surface area contributed by atoms with Crippen molar-refractivity contribution in [2.24, 2.45) is 5.73 Å². The normalized spacial score (nSPS) is 15.9. The SMILES string of the molecule is CN(Cc1ccc(C(N)=S)cc1Cl)C1CCC1. The van der Waals surface area contributed by atoms with Crippen LogP contribution in [0.3, 0.4) is 0 Å². The summed E-state index contributed by atoms with van der Waals surface area (Å²) < 4.78 is 0. The molecule has 0 saturated heterocycles. The van der Waals surface area contributed by atoms with Gasteiger partial charge in [-0.25, -0.2) is 0 Å². The molecule has 2 rings (SSSR count). The summed E-state index contributed by atoms with van der Waals surface area (Å²) in [7, 11) is 2.15. The average Bonchev–Trinajstić information content (AvgIpc) is 2.18. The fourth-order valence-corrected chi connectivity index (χ4v) is 2.42. The van der Waals surface area contributed by atoms with Crippen molar-refractivity contribution in [2.45, 2.75) is 31.8 Å². The lowest BCUT2D eigenvalue weighted by Gasteiger charge is -2.34. The quantitative estimate of drug-likeness (QED) is 0.852. The highest BCUT2D eigenvalue weighted by atomic mass is 35.5. The minimum absolute atomic E-state index is 0.394. The van der Waals surface area contributed by atoms with E-state index in [0.29, 0.717) is 4.99 Å². The zero-order valence-electron chi connectivity index (χ0n) is 9.95. The standard InChI is InChI=1S/C13H17ClN2S/c1-16(11-3-2-4-11)8-10-6-5-9(13(15)17)7-12(10)14/h5-7,11H,2-4,8H2,1H3,(H2,15,17). The average molecular weight is 269 g/mol. The number of rotatable bonds is 4. The van der Waals surface area contributed by atoms with Gasteiger partial charge in [0.1, 0.15) is 4.99 Å². The summed E-state index contributed by atoms with van der Waals surface area (Å²) in [5.74, 6) is 0. The molecule has 0 unspecified atom stereocenters. The second-order valence-electron chi connectivity index (χ2n) is 4.67. The number of thiocarbonyl (C=S) groups is 1. The van der Waals surface area contributed by atoms with E-state index >= 15 is 0 Å². The van der Waals surface area contributed by atoms with Gasteiger partial charge in [-0.05, 0) is 31.5 Å². The van der Waals surface area contributed by atoms with E-state index in [2.05, 4.69) is 11.9 Å². The maximum absolute atomic E-state index is 6.24. The topological polar surface area (TPSA) is 29.3 Å². The van der Waals surface area contributed by atoms with Gasteiger partial charge < -0.3 is 5.73 Å². The molecule has 1 aromatic rings. The molecule has 2 nitrogen and oxygen atoms in total. The highest BCUT2D eigenvalue weighted by Crippen LogP contribution is 2.26. The molecule has 0 amide bonds. The molecule has 4 heteroatoms. The molecule has 1 saturated carbocycles. The molecule has 2 N–H and O–H groups in total. The molecule has 1 fully saturated rings. The van der Waals surface area contributed by atoms with Crippen LogP contribution < -0.4 is 5.73 Å². The summed E-state index contributed by atoms with van der Waals surface area (Å²) in [6.07, 6.45) is 3.96. The van der Waals surface area contributed by atoms with Crippen LogP contribution in [-0.4, -0.2) is 23.0 Å². The summed E-state index contributed by atoms with van der Waals surface area (Å²) in [4.78, 5) is 2.76. The van der Waals surface area contributed by atoms with E-state index in [-0.39, 0.29) is 0 Å². The summed E-state index contributed by atoms with van der Waals surface area (Å²) in [5, 5.41) is 0.751. The van der Waals surface area contributed by atoms with Gasteiger partial charge in [-0.1, -0.05) is 42.4 Å². The van der Waals surface area contributed by atoms with Gasteiger partial charge in [0.2, 0.25) is 0 Å². The Kier molecular flexibility index (Phi) is 4.02. The molecule has 1 aliphatic rings. The van der Waals surface area contributed by atoms with Crippen molar-refractivity contribution in [3.8, 4) is 0 Å². The minimum Gasteiger partial charge on any atom is -0.389 e. The van der Waals surface area contributed by atoms with Crippen molar-refractivity contribution in [1.29, 1.82) is 0 Å². The maximum Gasteiger partial charge on any atom is 0.104 e. The van der Waals surface area contributed by atoms with Crippen LogP contribution in [0.1, 0.15) is 30.4 Å². The third kappa shape index (κ3) is 2.97. The van der Waals surface area contributed by atoms with Gasteiger partial charge in [0.05, 0.1) is 0 Å². The number of hydrogen-bond donors (Lipinski definition) is 1. The summed E-state index contributed by atoms with van der Waals surface area (Å²) in [5.41, 5.74) is 7.55. The molecule has 0 spiro atoms. The second-order valence-corrected chi connectivity index (χ2v) is 5.52. The number of nitrogens with zero attached hydrogens (tertiary/aromatic N) is 1. The van der Waals surface area contributed by atoms with Crippen molar-refractivity contribution in [1.82, 2.24) is 4.90 Å². The first-order valence-electron chi connectivity index (χ1n) is 5.86. The van der Waals surface area contributed by atoms with Crippen molar-refractivity contribution in [3.05, 3.63) is 34.3 Å². The molecule has 92 valence electrons. The first kappa shape index (κ1) is 12.8. The Hall–Kier alpha value is -0.640. The lowest BCUT2D eigenvalue weighted by atomic mass is 9.91. The van der Waals surface area contributed by atoms with Gasteiger partial charge in [0.25, 0.3) is 0 Å². The monoisotopic (exact) mass is 268 g/mol. The molecule has 0 atom stereocenters. The van der Waals surface area contributed by atoms with Crippen LogP contribution in [0.25, 0.3) is 0 Å². The second kappa shape index (κ2) is 5.34. The minimum atomic E-state index is 0.394. The van der Waals surface area contributed by atoms with Crippen LogP contribution in [0.5, 0.6) is 0 Å². The van der Waals surface area contributed by atoms with Crippen LogP contribution >= 0.6 is 23.8 Å². The zero-order chi connectivity index (χ0) is 12.4. The van der Waals surface area contributed by atoms with E-state index in [4.69, 9.17) is 29.6 Å². The third-order valence-corrected chi connectivity index (χ3v) is 4.04. The number of hydrogen-bond acceptors (Lipinski definition) is 2. The summed E-state index contributed by atoms with van der Waals surface area (Å²) in [6, 6.07) is 6.54. The van der Waals surface area contributed by atoms with E-state index in [9.17, 15) is 0 Å². The maximum atomic E-state index is 6.24. The van der Waals surface area contributed by atoms with E-state index in [1.807, 2.05) is 18.2 Å². The Labute approximate surface area is 113 Å².